The summed E-state index contributed by atoms with van der Waals surface area (Å²) < 4.78 is 6.74. The summed E-state index contributed by atoms with van der Waals surface area (Å²) in [5.41, 5.74) is 0.0297. The van der Waals surface area contributed by atoms with Crippen LogP contribution in [0.15, 0.2) is 33.9 Å². The fourth-order valence-corrected chi connectivity index (χ4v) is 3.21. The SMILES string of the molecule is CC(C)[C@H](Cn1c(=O)[nH]c2ccccc2c1=O)N1CCOCC1. The lowest BCUT2D eigenvalue weighted by Crippen LogP contribution is -2.50. The number of benzene rings is 1. The number of rotatable bonds is 4. The monoisotopic (exact) mass is 317 g/mol. The molecule has 6 nitrogen and oxygen atoms in total. The molecule has 1 aliphatic rings. The molecule has 0 spiro atoms. The first-order valence-corrected chi connectivity index (χ1v) is 8.11. The number of hydrogen-bond donors (Lipinski definition) is 1. The Labute approximate surface area is 134 Å². The Kier molecular flexibility index (Phi) is 4.63. The van der Waals surface area contributed by atoms with Gasteiger partial charge in [-0.15, -0.1) is 0 Å². The van der Waals surface area contributed by atoms with E-state index in [9.17, 15) is 9.59 Å². The molecule has 1 N–H and O–H groups in total. The molecule has 0 saturated carbocycles. The number of nitrogens with one attached hydrogen (secondary N) is 1. The van der Waals surface area contributed by atoms with Crippen LogP contribution in [0.3, 0.4) is 0 Å². The number of para-hydroxylation sites is 1. The normalized spacial score (nSPS) is 17.7. The molecule has 1 aromatic carbocycles. The maximum Gasteiger partial charge on any atom is 0.328 e. The third kappa shape index (κ3) is 3.23. The van der Waals surface area contributed by atoms with E-state index >= 15 is 0 Å². The van der Waals surface area contributed by atoms with Crippen molar-refractivity contribution in [2.75, 3.05) is 26.3 Å². The van der Waals surface area contributed by atoms with Crippen LogP contribution in [0, 0.1) is 5.92 Å². The van der Waals surface area contributed by atoms with Gasteiger partial charge in [0.25, 0.3) is 5.56 Å². The Morgan fingerprint density at radius 3 is 2.57 bits per heavy atom. The van der Waals surface area contributed by atoms with E-state index in [1.165, 1.54) is 4.57 Å². The molecule has 2 heterocycles. The maximum absolute atomic E-state index is 12.7. The molecule has 1 aliphatic heterocycles. The van der Waals surface area contributed by atoms with E-state index in [1.54, 1.807) is 12.1 Å². The first-order chi connectivity index (χ1) is 11.1. The summed E-state index contributed by atoms with van der Waals surface area (Å²) in [5, 5.41) is 0.552. The van der Waals surface area contributed by atoms with Gasteiger partial charge in [0.1, 0.15) is 0 Å². The quantitative estimate of drug-likeness (QED) is 0.915. The fraction of sp³-hybridized carbons (Fsp3) is 0.529. The standard InChI is InChI=1S/C17H23N3O3/c1-12(2)15(19-7-9-23-10-8-19)11-20-16(21)13-5-3-4-6-14(13)18-17(20)22/h3-6,12,15H,7-11H2,1-2H3,(H,18,22)/t15-/m0/s1. The van der Waals surface area contributed by atoms with Crippen molar-refractivity contribution in [3.63, 3.8) is 0 Å². The lowest BCUT2D eigenvalue weighted by molar-refractivity contribution is 0.00150. The Morgan fingerprint density at radius 2 is 1.87 bits per heavy atom. The predicted molar refractivity (Wildman–Crippen MR) is 89.8 cm³/mol. The van der Waals surface area contributed by atoms with Gasteiger partial charge in [0.15, 0.2) is 0 Å². The van der Waals surface area contributed by atoms with Crippen LogP contribution in [0.4, 0.5) is 0 Å². The predicted octanol–water partition coefficient (Wildman–Crippen LogP) is 1.05. The number of aromatic nitrogens is 2. The number of ether oxygens (including phenoxy) is 1. The lowest BCUT2D eigenvalue weighted by Gasteiger charge is -2.36. The van der Waals surface area contributed by atoms with Crippen LogP contribution in [-0.4, -0.2) is 46.8 Å². The summed E-state index contributed by atoms with van der Waals surface area (Å²) >= 11 is 0. The molecule has 124 valence electrons. The van der Waals surface area contributed by atoms with Gasteiger partial charge in [0, 0.05) is 25.7 Å². The van der Waals surface area contributed by atoms with Crippen LogP contribution in [0.1, 0.15) is 13.8 Å². The second-order valence-corrected chi connectivity index (χ2v) is 6.35. The van der Waals surface area contributed by atoms with Gasteiger partial charge in [-0.25, -0.2) is 4.79 Å². The maximum atomic E-state index is 12.7. The number of hydrogen-bond acceptors (Lipinski definition) is 4. The van der Waals surface area contributed by atoms with Gasteiger partial charge in [0.2, 0.25) is 0 Å². The molecule has 0 bridgehead atoms. The van der Waals surface area contributed by atoms with Crippen molar-refractivity contribution in [3.05, 3.63) is 45.1 Å². The Hall–Kier alpha value is -1.92. The highest BCUT2D eigenvalue weighted by Gasteiger charge is 2.25. The average molecular weight is 317 g/mol. The first-order valence-electron chi connectivity index (χ1n) is 8.11. The average Bonchev–Trinajstić information content (AvgIpc) is 2.55. The van der Waals surface area contributed by atoms with Crippen LogP contribution in [-0.2, 0) is 11.3 Å². The minimum absolute atomic E-state index is 0.138. The molecule has 1 fully saturated rings. The van der Waals surface area contributed by atoms with Crippen molar-refractivity contribution >= 4 is 10.9 Å². The minimum atomic E-state index is -0.340. The van der Waals surface area contributed by atoms with Gasteiger partial charge >= 0.3 is 5.69 Å². The van der Waals surface area contributed by atoms with Crippen LogP contribution in [0.5, 0.6) is 0 Å². The highest BCUT2D eigenvalue weighted by molar-refractivity contribution is 5.76. The van der Waals surface area contributed by atoms with E-state index in [1.807, 2.05) is 12.1 Å². The molecule has 3 rings (SSSR count). The van der Waals surface area contributed by atoms with Crippen molar-refractivity contribution in [1.29, 1.82) is 0 Å². The smallest absolute Gasteiger partial charge is 0.328 e. The topological polar surface area (TPSA) is 67.3 Å². The van der Waals surface area contributed by atoms with Gasteiger partial charge in [-0.3, -0.25) is 14.3 Å². The molecule has 1 atom stereocenters. The van der Waals surface area contributed by atoms with Gasteiger partial charge in [0.05, 0.1) is 24.1 Å². The molecular formula is C17H23N3O3. The second kappa shape index (κ2) is 6.68. The fourth-order valence-electron chi connectivity index (χ4n) is 3.21. The molecule has 1 aromatic heterocycles. The van der Waals surface area contributed by atoms with Crippen molar-refractivity contribution < 1.29 is 4.74 Å². The van der Waals surface area contributed by atoms with Crippen molar-refractivity contribution in [1.82, 2.24) is 14.5 Å². The Bertz CT molecular complexity index is 788. The van der Waals surface area contributed by atoms with Crippen LogP contribution in [0.25, 0.3) is 10.9 Å². The molecule has 0 aliphatic carbocycles. The van der Waals surface area contributed by atoms with Gasteiger partial charge in [-0.1, -0.05) is 26.0 Å². The third-order valence-electron chi connectivity index (χ3n) is 4.54. The van der Waals surface area contributed by atoms with Crippen molar-refractivity contribution in [2.24, 2.45) is 5.92 Å². The summed E-state index contributed by atoms with van der Waals surface area (Å²) in [4.78, 5) is 30.2. The summed E-state index contributed by atoms with van der Waals surface area (Å²) in [6.45, 7) is 7.72. The second-order valence-electron chi connectivity index (χ2n) is 6.35. The highest BCUT2D eigenvalue weighted by atomic mass is 16.5. The van der Waals surface area contributed by atoms with E-state index < -0.39 is 0 Å². The molecule has 23 heavy (non-hydrogen) atoms. The number of aromatic amines is 1. The summed E-state index contributed by atoms with van der Waals surface area (Å²) in [7, 11) is 0. The molecule has 0 radical (unpaired) electrons. The molecular weight excluding hydrogens is 294 g/mol. The Morgan fingerprint density at radius 1 is 1.17 bits per heavy atom. The Balaban J connectivity index is 1.98. The molecule has 0 amide bonds. The van der Waals surface area contributed by atoms with E-state index in [2.05, 4.69) is 23.7 Å². The zero-order chi connectivity index (χ0) is 16.4. The zero-order valence-electron chi connectivity index (χ0n) is 13.6. The van der Waals surface area contributed by atoms with E-state index in [-0.39, 0.29) is 17.3 Å². The van der Waals surface area contributed by atoms with E-state index in [0.29, 0.717) is 36.6 Å². The van der Waals surface area contributed by atoms with Crippen LogP contribution in [0.2, 0.25) is 0 Å². The summed E-state index contributed by atoms with van der Waals surface area (Å²) in [6.07, 6.45) is 0. The van der Waals surface area contributed by atoms with Gasteiger partial charge in [-0.2, -0.15) is 0 Å². The van der Waals surface area contributed by atoms with Gasteiger partial charge < -0.3 is 9.72 Å². The molecule has 6 heteroatoms. The first kappa shape index (κ1) is 16.0. The summed E-state index contributed by atoms with van der Waals surface area (Å²) in [5.74, 6) is 0.339. The van der Waals surface area contributed by atoms with E-state index in [0.717, 1.165) is 13.1 Å². The zero-order valence-corrected chi connectivity index (χ0v) is 13.6. The molecule has 2 aromatic rings. The van der Waals surface area contributed by atoms with Gasteiger partial charge in [-0.05, 0) is 18.1 Å². The molecule has 1 saturated heterocycles. The third-order valence-corrected chi connectivity index (χ3v) is 4.54. The van der Waals surface area contributed by atoms with E-state index in [4.69, 9.17) is 4.74 Å². The largest absolute Gasteiger partial charge is 0.379 e. The highest BCUT2D eigenvalue weighted by Crippen LogP contribution is 2.14. The van der Waals surface area contributed by atoms with Crippen molar-refractivity contribution in [3.8, 4) is 0 Å². The van der Waals surface area contributed by atoms with Crippen LogP contribution < -0.4 is 11.2 Å². The number of H-pyrrole nitrogens is 1. The van der Waals surface area contributed by atoms with Crippen LogP contribution >= 0.6 is 0 Å². The lowest BCUT2D eigenvalue weighted by atomic mass is 10.0. The number of morpholine rings is 1. The minimum Gasteiger partial charge on any atom is -0.379 e. The summed E-state index contributed by atoms with van der Waals surface area (Å²) in [6, 6.07) is 7.27. The number of nitrogens with zero attached hydrogens (tertiary/aromatic N) is 2. The molecule has 0 unspecified atom stereocenters. The number of fused-ring (bicyclic) bond motifs is 1. The van der Waals surface area contributed by atoms with Crippen molar-refractivity contribution in [2.45, 2.75) is 26.4 Å².